The van der Waals surface area contributed by atoms with Crippen LogP contribution >= 0.6 is 0 Å². The van der Waals surface area contributed by atoms with Gasteiger partial charge < -0.3 is 25.7 Å². The molecule has 1 amide bonds. The Morgan fingerprint density at radius 3 is 2.71 bits per heavy atom. The number of nitrogens with two attached hydrogens (primary N) is 1. The van der Waals surface area contributed by atoms with Crippen molar-refractivity contribution in [3.05, 3.63) is 55.1 Å². The predicted octanol–water partition coefficient (Wildman–Crippen LogP) is 3.93. The van der Waals surface area contributed by atoms with Crippen LogP contribution in [0.15, 0.2) is 55.1 Å². The Balaban J connectivity index is 1.28. The first-order valence-corrected chi connectivity index (χ1v) is 11.2. The molecule has 0 bridgehead atoms. The van der Waals surface area contributed by atoms with Crippen molar-refractivity contribution >= 4 is 40.2 Å². The van der Waals surface area contributed by atoms with Crippen molar-refractivity contribution in [1.29, 1.82) is 0 Å². The lowest BCUT2D eigenvalue weighted by atomic mass is 9.85. The zero-order valence-electron chi connectivity index (χ0n) is 18.8. The topological polar surface area (TPSA) is 133 Å². The van der Waals surface area contributed by atoms with Gasteiger partial charge in [0.15, 0.2) is 11.5 Å². The number of benzene rings is 1. The van der Waals surface area contributed by atoms with E-state index in [4.69, 9.17) is 10.5 Å². The second kappa shape index (κ2) is 9.34. The number of fused-ring (bicyclic) bond motifs is 1. The van der Waals surface area contributed by atoms with Crippen molar-refractivity contribution in [3.8, 4) is 5.75 Å². The van der Waals surface area contributed by atoms with Crippen LogP contribution in [0.2, 0.25) is 0 Å². The molecule has 4 N–H and O–H groups in total. The number of rotatable bonds is 6. The van der Waals surface area contributed by atoms with Gasteiger partial charge in [-0.15, -0.1) is 0 Å². The Hall–Kier alpha value is -4.21. The van der Waals surface area contributed by atoms with Crippen LogP contribution in [0.4, 0.5) is 23.1 Å². The van der Waals surface area contributed by atoms with E-state index in [1.807, 2.05) is 36.4 Å². The molecule has 1 saturated carbocycles. The molecule has 5 rings (SSSR count). The summed E-state index contributed by atoms with van der Waals surface area (Å²) in [4.78, 5) is 30.4. The Morgan fingerprint density at radius 2 is 1.94 bits per heavy atom. The van der Waals surface area contributed by atoms with Crippen LogP contribution < -0.4 is 21.1 Å². The molecule has 0 spiro atoms. The fourth-order valence-electron chi connectivity index (χ4n) is 4.39. The van der Waals surface area contributed by atoms with Crippen LogP contribution in [0.1, 0.15) is 31.7 Å². The molecule has 0 saturated heterocycles. The number of anilines is 4. The second-order valence-corrected chi connectivity index (χ2v) is 8.35. The van der Waals surface area contributed by atoms with Gasteiger partial charge in [0, 0.05) is 29.9 Å². The molecule has 0 atom stereocenters. The Bertz CT molecular complexity index is 1300. The molecule has 10 heteroatoms. The van der Waals surface area contributed by atoms with E-state index in [0.29, 0.717) is 28.7 Å². The molecule has 0 radical (unpaired) electrons. The minimum absolute atomic E-state index is 0.0386. The first-order valence-electron chi connectivity index (χ1n) is 11.2. The number of amides is 1. The number of hydrogen-bond acceptors (Lipinski definition) is 8. The summed E-state index contributed by atoms with van der Waals surface area (Å²) >= 11 is 0. The van der Waals surface area contributed by atoms with Crippen molar-refractivity contribution in [2.75, 3.05) is 23.5 Å². The van der Waals surface area contributed by atoms with Crippen LogP contribution in [0.25, 0.3) is 11.2 Å². The fraction of sp³-hybridized carbons (Fsp3) is 0.292. The predicted molar refractivity (Wildman–Crippen MR) is 130 cm³/mol. The molecule has 0 unspecified atom stereocenters. The van der Waals surface area contributed by atoms with Gasteiger partial charge >= 0.3 is 0 Å². The Morgan fingerprint density at radius 1 is 1.12 bits per heavy atom. The van der Waals surface area contributed by atoms with Gasteiger partial charge in [-0.3, -0.25) is 9.78 Å². The highest BCUT2D eigenvalue weighted by Crippen LogP contribution is 2.35. The number of hydrogen-bond donors (Lipinski definition) is 3. The molecule has 174 valence electrons. The van der Waals surface area contributed by atoms with Gasteiger partial charge in [-0.05, 0) is 49.9 Å². The van der Waals surface area contributed by atoms with E-state index < -0.39 is 0 Å². The Labute approximate surface area is 196 Å². The van der Waals surface area contributed by atoms with Gasteiger partial charge in [0.05, 0.1) is 25.3 Å². The summed E-state index contributed by atoms with van der Waals surface area (Å²) in [6.07, 6.45) is 8.41. The molecular formula is C24H26N8O2. The van der Waals surface area contributed by atoms with Crippen LogP contribution in [-0.2, 0) is 4.79 Å². The smallest absolute Gasteiger partial charge is 0.231 e. The molecule has 1 fully saturated rings. The first kappa shape index (κ1) is 21.6. The van der Waals surface area contributed by atoms with Crippen molar-refractivity contribution in [1.82, 2.24) is 24.5 Å². The minimum atomic E-state index is -0.0419. The van der Waals surface area contributed by atoms with E-state index >= 15 is 0 Å². The summed E-state index contributed by atoms with van der Waals surface area (Å²) in [5, 5.41) is 6.16. The average Bonchev–Trinajstić information content (AvgIpc) is 3.29. The van der Waals surface area contributed by atoms with Gasteiger partial charge in [0.1, 0.15) is 11.3 Å². The summed E-state index contributed by atoms with van der Waals surface area (Å²) in [6.45, 7) is 0. The molecule has 4 aromatic rings. The number of imidazole rings is 1. The molecular weight excluding hydrogens is 432 g/mol. The van der Waals surface area contributed by atoms with Crippen molar-refractivity contribution < 1.29 is 9.53 Å². The van der Waals surface area contributed by atoms with E-state index in [1.165, 1.54) is 0 Å². The van der Waals surface area contributed by atoms with Gasteiger partial charge in [-0.2, -0.15) is 9.97 Å². The number of nitrogens with zero attached hydrogens (tertiary/aromatic N) is 5. The van der Waals surface area contributed by atoms with Crippen LogP contribution in [0.5, 0.6) is 5.75 Å². The van der Waals surface area contributed by atoms with Crippen molar-refractivity contribution in [2.45, 2.75) is 31.7 Å². The van der Waals surface area contributed by atoms with E-state index in [9.17, 15) is 4.79 Å². The number of nitrogens with one attached hydrogen (secondary N) is 2. The lowest BCUT2D eigenvalue weighted by Crippen LogP contribution is -2.28. The van der Waals surface area contributed by atoms with Crippen LogP contribution in [-0.4, -0.2) is 37.5 Å². The minimum Gasteiger partial charge on any atom is -0.497 e. The zero-order chi connectivity index (χ0) is 23.5. The standard InChI is InChI=1S/C24H26N8O2/c1-34-19-6-2-4-16(12-19)28-23(33)15-7-9-18(10-8-15)32-14-27-20-21(25)30-24(31-22(20)32)29-17-5-3-11-26-13-17/h2-6,11-15,18H,7-10H2,1H3,(H,28,33)(H3,25,29,30,31)/t15-,18+. The number of aromatic nitrogens is 5. The third-order valence-electron chi connectivity index (χ3n) is 6.16. The lowest BCUT2D eigenvalue weighted by molar-refractivity contribution is -0.120. The molecule has 3 heterocycles. The average molecular weight is 459 g/mol. The highest BCUT2D eigenvalue weighted by molar-refractivity contribution is 5.92. The quantitative estimate of drug-likeness (QED) is 0.396. The molecule has 1 aliphatic carbocycles. The molecule has 1 aliphatic rings. The third-order valence-corrected chi connectivity index (χ3v) is 6.16. The maximum absolute atomic E-state index is 12.8. The normalized spacial score (nSPS) is 17.9. The highest BCUT2D eigenvalue weighted by atomic mass is 16.5. The van der Waals surface area contributed by atoms with Crippen molar-refractivity contribution in [3.63, 3.8) is 0 Å². The number of carbonyl (C=O) groups is 1. The monoisotopic (exact) mass is 458 g/mol. The highest BCUT2D eigenvalue weighted by Gasteiger charge is 2.28. The summed E-state index contributed by atoms with van der Waals surface area (Å²) in [6, 6.07) is 11.3. The van der Waals surface area contributed by atoms with E-state index in [2.05, 4.69) is 35.1 Å². The number of methoxy groups -OCH3 is 1. The summed E-state index contributed by atoms with van der Waals surface area (Å²) in [5.41, 5.74) is 8.94. The molecule has 0 aliphatic heterocycles. The van der Waals surface area contributed by atoms with E-state index in [-0.39, 0.29) is 17.9 Å². The first-order chi connectivity index (χ1) is 16.6. The molecule has 34 heavy (non-hydrogen) atoms. The van der Waals surface area contributed by atoms with E-state index in [1.54, 1.807) is 25.8 Å². The van der Waals surface area contributed by atoms with Crippen LogP contribution in [0, 0.1) is 5.92 Å². The summed E-state index contributed by atoms with van der Waals surface area (Å²) < 4.78 is 7.29. The maximum Gasteiger partial charge on any atom is 0.231 e. The number of ether oxygens (including phenoxy) is 1. The number of carbonyl (C=O) groups excluding carboxylic acids is 1. The van der Waals surface area contributed by atoms with Gasteiger partial charge in [0.25, 0.3) is 0 Å². The third kappa shape index (κ3) is 4.47. The van der Waals surface area contributed by atoms with Gasteiger partial charge in [-0.1, -0.05) is 6.07 Å². The summed E-state index contributed by atoms with van der Waals surface area (Å²) in [7, 11) is 1.61. The zero-order valence-corrected chi connectivity index (χ0v) is 18.8. The number of nitrogen functional groups attached to an aromatic ring is 1. The van der Waals surface area contributed by atoms with Gasteiger partial charge in [-0.25, -0.2) is 4.98 Å². The molecule has 3 aromatic heterocycles. The summed E-state index contributed by atoms with van der Waals surface area (Å²) in [5.74, 6) is 1.43. The Kier molecular flexibility index (Phi) is 5.94. The largest absolute Gasteiger partial charge is 0.497 e. The SMILES string of the molecule is COc1cccc(NC(=O)[C@H]2CC[C@@H](n3cnc4c(N)nc(Nc5cccnc5)nc43)CC2)c1. The number of pyridine rings is 1. The van der Waals surface area contributed by atoms with E-state index in [0.717, 1.165) is 37.1 Å². The maximum atomic E-state index is 12.8. The van der Waals surface area contributed by atoms with Crippen molar-refractivity contribution in [2.24, 2.45) is 5.92 Å². The second-order valence-electron chi connectivity index (χ2n) is 8.35. The lowest BCUT2D eigenvalue weighted by Gasteiger charge is -2.28. The van der Waals surface area contributed by atoms with Crippen LogP contribution in [0.3, 0.4) is 0 Å². The van der Waals surface area contributed by atoms with Gasteiger partial charge in [0.2, 0.25) is 11.9 Å². The molecule has 1 aromatic carbocycles. The molecule has 10 nitrogen and oxygen atoms in total. The fourth-order valence-corrected chi connectivity index (χ4v) is 4.39.